The highest BCUT2D eigenvalue weighted by Crippen LogP contribution is 2.42. The van der Waals surface area contributed by atoms with Gasteiger partial charge in [0.25, 0.3) is 5.91 Å². The van der Waals surface area contributed by atoms with Crippen molar-refractivity contribution in [3.05, 3.63) is 41.1 Å². The van der Waals surface area contributed by atoms with E-state index in [1.807, 2.05) is 11.5 Å². The van der Waals surface area contributed by atoms with E-state index < -0.39 is 32.2 Å². The summed E-state index contributed by atoms with van der Waals surface area (Å²) in [6.45, 7) is 7.24. The third kappa shape index (κ3) is 6.28. The fraction of sp³-hybridized carbons (Fsp3) is 0.645. The number of halogens is 3. The summed E-state index contributed by atoms with van der Waals surface area (Å²) in [6.07, 6.45) is 3.14. The second-order valence-electron chi connectivity index (χ2n) is 12.7. The van der Waals surface area contributed by atoms with Gasteiger partial charge < -0.3 is 14.6 Å². The smallest absolute Gasteiger partial charge is 0.381 e. The van der Waals surface area contributed by atoms with Crippen LogP contribution in [0.3, 0.4) is 0 Å². The van der Waals surface area contributed by atoms with Gasteiger partial charge in [0.05, 0.1) is 16.0 Å². The number of benzene rings is 1. The molecule has 3 heterocycles. The molecule has 1 aromatic heterocycles. The van der Waals surface area contributed by atoms with Gasteiger partial charge in [0, 0.05) is 49.3 Å². The molecule has 2 aliphatic heterocycles. The quantitative estimate of drug-likeness (QED) is 0.387. The Kier molecular flexibility index (Phi) is 8.85. The zero-order chi connectivity index (χ0) is 30.3. The highest BCUT2D eigenvalue weighted by atomic mass is 32.2. The molecule has 232 valence electrons. The molecule has 1 amide bonds. The van der Waals surface area contributed by atoms with Gasteiger partial charge in [0.15, 0.2) is 0 Å². The Hall–Kier alpha value is -2.37. The van der Waals surface area contributed by atoms with Crippen LogP contribution in [0.25, 0.3) is 11.3 Å². The summed E-state index contributed by atoms with van der Waals surface area (Å²) in [7, 11) is -4.39. The number of ether oxygens (including phenoxy) is 1. The largest absolute Gasteiger partial charge is 0.417 e. The van der Waals surface area contributed by atoms with Crippen molar-refractivity contribution in [1.29, 1.82) is 0 Å². The summed E-state index contributed by atoms with van der Waals surface area (Å²) in [5, 5.41) is 3.08. The monoisotopic (exact) mass is 609 g/mol. The topological polar surface area (TPSA) is 80.6 Å². The molecule has 1 aromatic carbocycles. The standard InChI is InChI=1S/C31H42F3N3O4S/c1-21-25(29(38)35-24-12-16-41-17-13-24)19-27(36(21)20-22-8-5-4-6-9-22)23-10-11-28(26(18-23)31(32,33)34)42(39,40)37-15-7-14-30(37,2)3/h10-11,18-19,22,24H,4-9,12-17,20H2,1-3H3,(H,35,38). The number of sulfonamides is 1. The molecule has 3 fully saturated rings. The number of hydrogen-bond donors (Lipinski definition) is 1. The third-order valence-corrected chi connectivity index (χ3v) is 11.5. The Labute approximate surface area is 246 Å². The Balaban J connectivity index is 1.57. The van der Waals surface area contributed by atoms with Crippen LogP contribution in [-0.2, 0) is 27.5 Å². The van der Waals surface area contributed by atoms with Gasteiger partial charge >= 0.3 is 6.18 Å². The molecule has 1 N–H and O–H groups in total. The molecule has 3 aliphatic rings. The molecule has 1 saturated carbocycles. The van der Waals surface area contributed by atoms with E-state index >= 15 is 0 Å². The number of hydrogen-bond acceptors (Lipinski definition) is 4. The van der Waals surface area contributed by atoms with Crippen LogP contribution in [0.1, 0.15) is 93.3 Å². The maximum Gasteiger partial charge on any atom is 0.417 e. The van der Waals surface area contributed by atoms with E-state index in [2.05, 4.69) is 5.32 Å². The van der Waals surface area contributed by atoms with Crippen molar-refractivity contribution >= 4 is 15.9 Å². The molecule has 7 nitrogen and oxygen atoms in total. The lowest BCUT2D eigenvalue weighted by Crippen LogP contribution is -2.43. The maximum atomic E-state index is 14.5. The number of nitrogens with one attached hydrogen (secondary N) is 1. The van der Waals surface area contributed by atoms with E-state index in [1.54, 1.807) is 19.9 Å². The Morgan fingerprint density at radius 3 is 2.36 bits per heavy atom. The van der Waals surface area contributed by atoms with Crippen molar-refractivity contribution in [1.82, 2.24) is 14.2 Å². The van der Waals surface area contributed by atoms with Crippen molar-refractivity contribution in [3.63, 3.8) is 0 Å². The van der Waals surface area contributed by atoms with Gasteiger partial charge in [-0.3, -0.25) is 4.79 Å². The lowest BCUT2D eigenvalue weighted by atomic mass is 9.89. The van der Waals surface area contributed by atoms with Crippen molar-refractivity contribution in [2.75, 3.05) is 19.8 Å². The Morgan fingerprint density at radius 1 is 1.05 bits per heavy atom. The van der Waals surface area contributed by atoms with Crippen molar-refractivity contribution < 1.29 is 31.1 Å². The first-order valence-electron chi connectivity index (χ1n) is 15.1. The SMILES string of the molecule is Cc1c(C(=O)NC2CCOCC2)cc(-c2ccc(S(=O)(=O)N3CCCC3(C)C)c(C(F)(F)F)c2)n1CC1CCCCC1. The number of carbonyl (C=O) groups is 1. The predicted octanol–water partition coefficient (Wildman–Crippen LogP) is 6.53. The number of nitrogens with zero attached hydrogens (tertiary/aromatic N) is 2. The molecular formula is C31H42F3N3O4S. The Morgan fingerprint density at radius 2 is 1.74 bits per heavy atom. The second kappa shape index (κ2) is 12.0. The van der Waals surface area contributed by atoms with E-state index in [1.165, 1.54) is 16.8 Å². The first-order chi connectivity index (χ1) is 19.8. The van der Waals surface area contributed by atoms with Gasteiger partial charge in [-0.05, 0) is 89.0 Å². The first kappa shape index (κ1) is 31.1. The highest BCUT2D eigenvalue weighted by Gasteiger charge is 2.45. The molecule has 2 aromatic rings. The van der Waals surface area contributed by atoms with Crippen molar-refractivity contribution in [2.24, 2.45) is 5.92 Å². The molecule has 0 bridgehead atoms. The third-order valence-electron chi connectivity index (χ3n) is 9.31. The summed E-state index contributed by atoms with van der Waals surface area (Å²) in [4.78, 5) is 12.7. The molecule has 42 heavy (non-hydrogen) atoms. The minimum Gasteiger partial charge on any atom is -0.381 e. The van der Waals surface area contributed by atoms with E-state index in [-0.39, 0.29) is 24.1 Å². The molecule has 2 saturated heterocycles. The lowest BCUT2D eigenvalue weighted by Gasteiger charge is -2.31. The van der Waals surface area contributed by atoms with Gasteiger partial charge in [-0.1, -0.05) is 25.3 Å². The normalized spacial score (nSPS) is 21.1. The highest BCUT2D eigenvalue weighted by molar-refractivity contribution is 7.89. The summed E-state index contributed by atoms with van der Waals surface area (Å²) in [5.41, 5.74) is -0.0875. The zero-order valence-corrected chi connectivity index (χ0v) is 25.5. The van der Waals surface area contributed by atoms with Gasteiger partial charge in [0.2, 0.25) is 10.0 Å². The predicted molar refractivity (Wildman–Crippen MR) is 155 cm³/mol. The van der Waals surface area contributed by atoms with Crippen LogP contribution in [-0.4, -0.2) is 54.5 Å². The molecular weight excluding hydrogens is 567 g/mol. The van der Waals surface area contributed by atoms with Crippen LogP contribution in [0, 0.1) is 12.8 Å². The van der Waals surface area contributed by atoms with Crippen LogP contribution >= 0.6 is 0 Å². The van der Waals surface area contributed by atoms with Crippen molar-refractivity contribution in [2.45, 2.75) is 108 Å². The summed E-state index contributed by atoms with van der Waals surface area (Å²) < 4.78 is 79.3. The van der Waals surface area contributed by atoms with E-state index in [0.29, 0.717) is 68.3 Å². The summed E-state index contributed by atoms with van der Waals surface area (Å²) in [5.74, 6) is 0.101. The molecule has 0 spiro atoms. The fourth-order valence-corrected chi connectivity index (χ4v) is 8.91. The lowest BCUT2D eigenvalue weighted by molar-refractivity contribution is -0.139. The van der Waals surface area contributed by atoms with Gasteiger partial charge in [-0.2, -0.15) is 17.5 Å². The zero-order valence-electron chi connectivity index (χ0n) is 24.7. The molecule has 0 atom stereocenters. The number of alkyl halides is 3. The molecule has 5 rings (SSSR count). The minimum absolute atomic E-state index is 0.0213. The van der Waals surface area contributed by atoms with Crippen LogP contribution in [0.15, 0.2) is 29.2 Å². The fourth-order valence-electron chi connectivity index (χ4n) is 6.87. The van der Waals surface area contributed by atoms with Crippen LogP contribution in [0.5, 0.6) is 0 Å². The molecule has 1 aliphatic carbocycles. The minimum atomic E-state index is -4.89. The number of aromatic nitrogens is 1. The molecule has 0 radical (unpaired) electrons. The van der Waals surface area contributed by atoms with E-state index in [9.17, 15) is 26.4 Å². The van der Waals surface area contributed by atoms with E-state index in [0.717, 1.165) is 37.8 Å². The van der Waals surface area contributed by atoms with Crippen molar-refractivity contribution in [3.8, 4) is 11.3 Å². The molecule has 11 heteroatoms. The van der Waals surface area contributed by atoms with Crippen LogP contribution in [0.4, 0.5) is 13.2 Å². The average Bonchev–Trinajstić information content (AvgIpc) is 3.48. The second-order valence-corrected chi connectivity index (χ2v) is 14.5. The number of carbonyl (C=O) groups excluding carboxylic acids is 1. The Bertz CT molecular complexity index is 1410. The van der Waals surface area contributed by atoms with Gasteiger partial charge in [0.1, 0.15) is 0 Å². The van der Waals surface area contributed by atoms with E-state index in [4.69, 9.17) is 4.74 Å². The number of rotatable bonds is 7. The summed E-state index contributed by atoms with van der Waals surface area (Å²) in [6, 6.07) is 5.14. The number of amides is 1. The van der Waals surface area contributed by atoms with Crippen LogP contribution in [0.2, 0.25) is 0 Å². The van der Waals surface area contributed by atoms with Gasteiger partial charge in [-0.25, -0.2) is 8.42 Å². The summed E-state index contributed by atoms with van der Waals surface area (Å²) >= 11 is 0. The maximum absolute atomic E-state index is 14.5. The van der Waals surface area contributed by atoms with Gasteiger partial charge in [-0.15, -0.1) is 0 Å². The average molecular weight is 610 g/mol. The van der Waals surface area contributed by atoms with Crippen LogP contribution < -0.4 is 5.32 Å². The molecule has 0 unspecified atom stereocenters. The first-order valence-corrected chi connectivity index (χ1v) is 16.6.